The van der Waals surface area contributed by atoms with Gasteiger partial charge in [-0.25, -0.2) is 9.37 Å². The molecular formula is C58H50FN4OPt-3. The van der Waals surface area contributed by atoms with Gasteiger partial charge in [-0.1, -0.05) is 93.4 Å². The van der Waals surface area contributed by atoms with E-state index in [0.717, 1.165) is 78.2 Å². The third kappa shape index (κ3) is 8.03. The first-order valence-electron chi connectivity index (χ1n) is 22.1. The van der Waals surface area contributed by atoms with E-state index < -0.39 is 0 Å². The SMILES string of the molecule is Cc1ccnc(-n2c3[c-]c(Oc4[c-]c(N5[CH-]N(c6c(C(C)C)cc(-c7cccc(F)c7)cc6C(C)C)c6ccccc65)cc(-c5c(C)cc(C)cc5C)c4)ccc3c3ccccc32)c1.[Pt]. The first kappa shape index (κ1) is 43.7. The summed E-state index contributed by atoms with van der Waals surface area (Å²) in [6.45, 7) is 19.7. The Hall–Kier alpha value is -6.49. The summed E-state index contributed by atoms with van der Waals surface area (Å²) in [5, 5.41) is 2.20. The number of pyridine rings is 1. The molecule has 328 valence electrons. The van der Waals surface area contributed by atoms with Crippen LogP contribution in [-0.2, 0) is 21.1 Å². The summed E-state index contributed by atoms with van der Waals surface area (Å²) in [6.07, 6.45) is 1.85. The van der Waals surface area contributed by atoms with Gasteiger partial charge in [0.05, 0.1) is 0 Å². The number of anilines is 4. The quantitative estimate of drug-likeness (QED) is 0.135. The van der Waals surface area contributed by atoms with Gasteiger partial charge in [0.15, 0.2) is 0 Å². The molecule has 0 saturated carbocycles. The van der Waals surface area contributed by atoms with Crippen LogP contribution in [0.3, 0.4) is 0 Å². The molecular weight excluding hydrogens is 983 g/mol. The van der Waals surface area contributed by atoms with Crippen LogP contribution in [0.4, 0.5) is 27.1 Å². The largest absolute Gasteiger partial charge is 0.509 e. The molecule has 7 aromatic carbocycles. The molecule has 2 aromatic heterocycles. The van der Waals surface area contributed by atoms with Crippen molar-refractivity contribution in [1.82, 2.24) is 9.55 Å². The van der Waals surface area contributed by atoms with Gasteiger partial charge in [0.25, 0.3) is 0 Å². The summed E-state index contributed by atoms with van der Waals surface area (Å²) in [4.78, 5) is 9.35. The molecule has 9 aromatic rings. The van der Waals surface area contributed by atoms with E-state index in [1.54, 1.807) is 12.1 Å². The first-order valence-corrected chi connectivity index (χ1v) is 22.1. The van der Waals surface area contributed by atoms with Crippen molar-refractivity contribution in [3.8, 4) is 39.6 Å². The summed E-state index contributed by atoms with van der Waals surface area (Å²) < 4.78 is 23.6. The number of aromatic nitrogens is 2. The Labute approximate surface area is 396 Å². The third-order valence-electron chi connectivity index (χ3n) is 12.4. The van der Waals surface area contributed by atoms with Gasteiger partial charge in [-0.3, -0.25) is 0 Å². The maximum absolute atomic E-state index is 14.6. The fourth-order valence-corrected chi connectivity index (χ4v) is 9.58. The van der Waals surface area contributed by atoms with E-state index >= 15 is 0 Å². The first-order chi connectivity index (χ1) is 30.9. The fourth-order valence-electron chi connectivity index (χ4n) is 9.58. The fraction of sp³-hybridized carbons (Fsp3) is 0.172. The number of para-hydroxylation sites is 3. The van der Waals surface area contributed by atoms with Crippen molar-refractivity contribution in [3.05, 3.63) is 198 Å². The van der Waals surface area contributed by atoms with Gasteiger partial charge in [-0.2, -0.15) is 6.07 Å². The van der Waals surface area contributed by atoms with Crippen LogP contribution < -0.4 is 14.5 Å². The van der Waals surface area contributed by atoms with Crippen LogP contribution in [-0.4, -0.2) is 9.55 Å². The van der Waals surface area contributed by atoms with Crippen LogP contribution in [0.1, 0.15) is 72.9 Å². The van der Waals surface area contributed by atoms with Gasteiger partial charge in [-0.05, 0) is 144 Å². The molecule has 10 rings (SSSR count). The molecule has 0 saturated heterocycles. The van der Waals surface area contributed by atoms with Crippen molar-refractivity contribution in [1.29, 1.82) is 0 Å². The molecule has 1 aliphatic heterocycles. The number of fused-ring (bicyclic) bond motifs is 4. The van der Waals surface area contributed by atoms with E-state index in [2.05, 4.69) is 186 Å². The van der Waals surface area contributed by atoms with Gasteiger partial charge in [-0.15, -0.1) is 53.6 Å². The molecule has 7 heteroatoms. The summed E-state index contributed by atoms with van der Waals surface area (Å²) in [5.41, 5.74) is 17.2. The maximum atomic E-state index is 14.6. The molecule has 1 aliphatic rings. The Morgan fingerprint density at radius 2 is 1.29 bits per heavy atom. The van der Waals surface area contributed by atoms with E-state index in [1.807, 2.05) is 24.4 Å². The number of aryl methyl sites for hydroxylation is 4. The third-order valence-corrected chi connectivity index (χ3v) is 12.4. The van der Waals surface area contributed by atoms with Gasteiger partial charge >= 0.3 is 0 Å². The Bertz CT molecular complexity index is 3220. The average Bonchev–Trinajstić information content (AvgIpc) is 3.81. The second-order valence-corrected chi connectivity index (χ2v) is 17.8. The van der Waals surface area contributed by atoms with E-state index in [1.165, 1.54) is 33.9 Å². The van der Waals surface area contributed by atoms with Crippen LogP contribution >= 0.6 is 0 Å². The predicted octanol–water partition coefficient (Wildman–Crippen LogP) is 15.9. The molecule has 0 unspecified atom stereocenters. The normalized spacial score (nSPS) is 12.4. The van der Waals surface area contributed by atoms with Crippen molar-refractivity contribution >= 4 is 44.6 Å². The van der Waals surface area contributed by atoms with E-state index in [4.69, 9.17) is 9.72 Å². The van der Waals surface area contributed by atoms with Crippen LogP contribution in [0.5, 0.6) is 11.5 Å². The Morgan fingerprint density at radius 1 is 0.600 bits per heavy atom. The molecule has 0 atom stereocenters. The topological polar surface area (TPSA) is 33.5 Å². The summed E-state index contributed by atoms with van der Waals surface area (Å²) in [7, 11) is 0. The molecule has 65 heavy (non-hydrogen) atoms. The van der Waals surface area contributed by atoms with Crippen LogP contribution in [0.15, 0.2) is 140 Å². The Morgan fingerprint density at radius 3 is 1.98 bits per heavy atom. The zero-order chi connectivity index (χ0) is 44.4. The Balaban J connectivity index is 0.00000533. The molecule has 0 spiro atoms. The number of rotatable bonds is 9. The van der Waals surface area contributed by atoms with Crippen LogP contribution in [0.25, 0.3) is 49.9 Å². The summed E-state index contributed by atoms with van der Waals surface area (Å²) >= 11 is 0. The average molecular weight is 1030 g/mol. The van der Waals surface area contributed by atoms with E-state index in [-0.39, 0.29) is 38.7 Å². The maximum Gasteiger partial charge on any atom is 0.135 e. The minimum Gasteiger partial charge on any atom is -0.509 e. The minimum absolute atomic E-state index is 0. The van der Waals surface area contributed by atoms with Crippen molar-refractivity contribution < 1.29 is 30.2 Å². The molecule has 0 fully saturated rings. The summed E-state index contributed by atoms with van der Waals surface area (Å²) in [6, 6.07) is 52.7. The van der Waals surface area contributed by atoms with Gasteiger partial charge in [0.1, 0.15) is 11.6 Å². The second kappa shape index (κ2) is 17.5. The van der Waals surface area contributed by atoms with Crippen LogP contribution in [0, 0.1) is 52.3 Å². The van der Waals surface area contributed by atoms with Crippen molar-refractivity contribution in [2.24, 2.45) is 0 Å². The number of nitrogens with zero attached hydrogens (tertiary/aromatic N) is 4. The standard InChI is InChI=1S/C58H50FN4O.Pt/c1-35(2)50-30-42(41-14-13-15-44(59)27-41)31-51(36(3)4)58(50)62-34-61(53-18-11-12-19-54(53)62)45-28-43(57-39(7)24-38(6)25-40(57)8)29-47(32-45)64-46-20-21-49-48-16-9-10-17-52(48)63(55(49)33-46)56-26-37(5)22-23-60-56;/h9-31,34-36H,1-8H3;/q-3;. The molecule has 0 amide bonds. The zero-order valence-corrected chi connectivity index (χ0v) is 40.2. The Kier molecular flexibility index (Phi) is 11.8. The van der Waals surface area contributed by atoms with E-state index in [0.29, 0.717) is 11.5 Å². The number of halogens is 1. The van der Waals surface area contributed by atoms with Crippen molar-refractivity contribution in [2.45, 2.75) is 67.2 Å². The van der Waals surface area contributed by atoms with Crippen LogP contribution in [0.2, 0.25) is 0 Å². The molecule has 0 N–H and O–H groups in total. The minimum atomic E-state index is -0.241. The number of ether oxygens (including phenoxy) is 1. The molecule has 3 heterocycles. The molecule has 0 radical (unpaired) electrons. The number of hydrogen-bond donors (Lipinski definition) is 0. The molecule has 0 bridgehead atoms. The zero-order valence-electron chi connectivity index (χ0n) is 37.9. The van der Waals surface area contributed by atoms with E-state index in [9.17, 15) is 4.39 Å². The van der Waals surface area contributed by atoms with Crippen molar-refractivity contribution in [2.75, 3.05) is 9.80 Å². The number of hydrogen-bond acceptors (Lipinski definition) is 4. The summed E-state index contributed by atoms with van der Waals surface area (Å²) in [5.74, 6) is 2.12. The van der Waals surface area contributed by atoms with Gasteiger partial charge < -0.3 is 19.1 Å². The smallest absolute Gasteiger partial charge is 0.135 e. The van der Waals surface area contributed by atoms with Gasteiger partial charge in [0, 0.05) is 61.3 Å². The van der Waals surface area contributed by atoms with Gasteiger partial charge in [0.2, 0.25) is 0 Å². The number of benzene rings is 7. The monoisotopic (exact) mass is 1030 g/mol. The van der Waals surface area contributed by atoms with Crippen molar-refractivity contribution in [3.63, 3.8) is 0 Å². The molecule has 0 aliphatic carbocycles. The molecule has 5 nitrogen and oxygen atoms in total. The predicted molar refractivity (Wildman–Crippen MR) is 262 cm³/mol. The second-order valence-electron chi connectivity index (χ2n) is 17.8.